The van der Waals surface area contributed by atoms with Crippen LogP contribution in [0.1, 0.15) is 39.5 Å². The Morgan fingerprint density at radius 2 is 1.83 bits per heavy atom. The second kappa shape index (κ2) is 6.53. The molecule has 1 amide bonds. The van der Waals surface area contributed by atoms with Crippen molar-refractivity contribution in [3.63, 3.8) is 0 Å². The lowest BCUT2D eigenvalue weighted by molar-refractivity contribution is -0.137. The van der Waals surface area contributed by atoms with E-state index in [9.17, 15) is 4.79 Å². The van der Waals surface area contributed by atoms with E-state index in [2.05, 4.69) is 29.0 Å². The van der Waals surface area contributed by atoms with Crippen molar-refractivity contribution < 1.29 is 4.79 Å². The smallest absolute Gasteiger partial charge is 0.239 e. The number of amides is 1. The summed E-state index contributed by atoms with van der Waals surface area (Å²) in [6.45, 7) is 9.20. The zero-order valence-corrected chi connectivity index (χ0v) is 11.8. The van der Waals surface area contributed by atoms with E-state index in [1.54, 1.807) is 0 Å². The van der Waals surface area contributed by atoms with E-state index in [-0.39, 0.29) is 6.04 Å². The number of piperazine rings is 1. The van der Waals surface area contributed by atoms with Gasteiger partial charge in [-0.05, 0) is 26.7 Å². The first-order valence-electron chi connectivity index (χ1n) is 7.45. The highest BCUT2D eigenvalue weighted by Gasteiger charge is 2.30. The minimum absolute atomic E-state index is 0.0419. The lowest BCUT2D eigenvalue weighted by Crippen LogP contribution is -2.57. The van der Waals surface area contributed by atoms with Crippen LogP contribution in [-0.2, 0) is 4.79 Å². The van der Waals surface area contributed by atoms with Crippen LogP contribution in [0, 0.1) is 0 Å². The Bertz CT molecular complexity index is 274. The Kier molecular flexibility index (Phi) is 5.01. The summed E-state index contributed by atoms with van der Waals surface area (Å²) < 4.78 is 0. The summed E-state index contributed by atoms with van der Waals surface area (Å²) >= 11 is 0. The molecule has 0 spiro atoms. The Balaban J connectivity index is 1.93. The maximum absolute atomic E-state index is 12.6. The third-order valence-corrected chi connectivity index (χ3v) is 4.33. The van der Waals surface area contributed by atoms with Crippen molar-refractivity contribution in [2.24, 2.45) is 0 Å². The number of hydrogen-bond acceptors (Lipinski definition) is 3. The van der Waals surface area contributed by atoms with Crippen molar-refractivity contribution in [3.8, 4) is 0 Å². The van der Waals surface area contributed by atoms with Crippen molar-refractivity contribution >= 4 is 5.91 Å². The summed E-state index contributed by atoms with van der Waals surface area (Å²) in [6, 6.07) is 0.505. The Morgan fingerprint density at radius 1 is 1.17 bits per heavy atom. The molecular weight excluding hydrogens is 226 g/mol. The summed E-state index contributed by atoms with van der Waals surface area (Å²) in [6.07, 6.45) is 4.91. The fourth-order valence-corrected chi connectivity index (χ4v) is 3.13. The molecule has 2 unspecified atom stereocenters. The molecular formula is C14H27N3O. The first-order valence-corrected chi connectivity index (χ1v) is 7.45. The van der Waals surface area contributed by atoms with Crippen LogP contribution < -0.4 is 5.32 Å². The van der Waals surface area contributed by atoms with Gasteiger partial charge in [-0.3, -0.25) is 9.69 Å². The Morgan fingerprint density at radius 3 is 2.44 bits per heavy atom. The van der Waals surface area contributed by atoms with Crippen molar-refractivity contribution in [1.82, 2.24) is 15.1 Å². The minimum atomic E-state index is 0.0419. The average molecular weight is 253 g/mol. The average Bonchev–Trinajstić information content (AvgIpc) is 2.66. The quantitative estimate of drug-likeness (QED) is 0.799. The highest BCUT2D eigenvalue weighted by atomic mass is 16.2. The summed E-state index contributed by atoms with van der Waals surface area (Å²) in [4.78, 5) is 17.0. The molecule has 4 nitrogen and oxygen atoms in total. The molecule has 0 bridgehead atoms. The molecule has 1 N–H and O–H groups in total. The van der Waals surface area contributed by atoms with Crippen LogP contribution in [0.25, 0.3) is 0 Å². The van der Waals surface area contributed by atoms with Gasteiger partial charge in [-0.15, -0.1) is 0 Å². The molecule has 0 aromatic heterocycles. The van der Waals surface area contributed by atoms with Crippen LogP contribution in [0.15, 0.2) is 0 Å². The summed E-state index contributed by atoms with van der Waals surface area (Å²) in [5, 5.41) is 3.38. The molecule has 2 atom stereocenters. The van der Waals surface area contributed by atoms with Gasteiger partial charge in [0.25, 0.3) is 0 Å². The number of likely N-dealkylation sites (tertiary alicyclic amines) is 1. The van der Waals surface area contributed by atoms with E-state index < -0.39 is 0 Å². The predicted molar refractivity (Wildman–Crippen MR) is 73.5 cm³/mol. The van der Waals surface area contributed by atoms with Gasteiger partial charge >= 0.3 is 0 Å². The minimum Gasteiger partial charge on any atom is -0.341 e. The van der Waals surface area contributed by atoms with Crippen molar-refractivity contribution in [2.45, 2.75) is 51.6 Å². The van der Waals surface area contributed by atoms with Crippen LogP contribution in [0.5, 0.6) is 0 Å². The van der Waals surface area contributed by atoms with E-state index in [1.807, 2.05) is 0 Å². The molecule has 0 aliphatic carbocycles. The molecule has 2 heterocycles. The van der Waals surface area contributed by atoms with Gasteiger partial charge < -0.3 is 10.2 Å². The maximum atomic E-state index is 12.6. The van der Waals surface area contributed by atoms with E-state index >= 15 is 0 Å². The zero-order chi connectivity index (χ0) is 13.0. The molecule has 0 radical (unpaired) electrons. The first kappa shape index (κ1) is 13.8. The predicted octanol–water partition coefficient (Wildman–Crippen LogP) is 1.07. The van der Waals surface area contributed by atoms with E-state index in [0.717, 1.165) is 32.7 Å². The molecule has 2 aliphatic rings. The van der Waals surface area contributed by atoms with Gasteiger partial charge in [0.15, 0.2) is 0 Å². The van der Waals surface area contributed by atoms with Crippen LogP contribution >= 0.6 is 0 Å². The molecule has 104 valence electrons. The summed E-state index contributed by atoms with van der Waals surface area (Å²) in [5.74, 6) is 0.339. The highest BCUT2D eigenvalue weighted by Crippen LogP contribution is 2.15. The van der Waals surface area contributed by atoms with Crippen LogP contribution in [0.4, 0.5) is 0 Å². The summed E-state index contributed by atoms with van der Waals surface area (Å²) in [5.41, 5.74) is 0. The topological polar surface area (TPSA) is 35.6 Å². The monoisotopic (exact) mass is 253 g/mol. The van der Waals surface area contributed by atoms with Gasteiger partial charge in [0.1, 0.15) is 0 Å². The van der Waals surface area contributed by atoms with Gasteiger partial charge in [-0.2, -0.15) is 0 Å². The number of nitrogens with one attached hydrogen (secondary N) is 1. The highest BCUT2D eigenvalue weighted by molar-refractivity contribution is 5.81. The number of carbonyl (C=O) groups excluding carboxylic acids is 1. The van der Waals surface area contributed by atoms with Crippen molar-refractivity contribution in [3.05, 3.63) is 0 Å². The fourth-order valence-electron chi connectivity index (χ4n) is 3.13. The van der Waals surface area contributed by atoms with Crippen LogP contribution in [-0.4, -0.2) is 60.5 Å². The molecule has 2 rings (SSSR count). The first-order chi connectivity index (χ1) is 8.70. The second-order valence-electron chi connectivity index (χ2n) is 5.71. The van der Waals surface area contributed by atoms with E-state index in [0.29, 0.717) is 11.9 Å². The normalized spacial score (nSPS) is 28.8. The molecule has 0 saturated carbocycles. The van der Waals surface area contributed by atoms with Crippen LogP contribution in [0.3, 0.4) is 0 Å². The van der Waals surface area contributed by atoms with Gasteiger partial charge in [-0.1, -0.05) is 12.8 Å². The van der Waals surface area contributed by atoms with Gasteiger partial charge in [0.2, 0.25) is 5.91 Å². The van der Waals surface area contributed by atoms with Crippen LogP contribution in [0.2, 0.25) is 0 Å². The molecule has 18 heavy (non-hydrogen) atoms. The summed E-state index contributed by atoms with van der Waals surface area (Å²) in [7, 11) is 0. The third-order valence-electron chi connectivity index (χ3n) is 4.33. The van der Waals surface area contributed by atoms with Crippen molar-refractivity contribution in [1.29, 1.82) is 0 Å². The maximum Gasteiger partial charge on any atom is 0.239 e. The molecule has 2 saturated heterocycles. The standard InChI is InChI=1S/C14H27N3O/c1-12-11-15-7-10-17(12)13(2)14(18)16-8-5-3-4-6-9-16/h12-13,15H,3-11H2,1-2H3. The zero-order valence-electron chi connectivity index (χ0n) is 11.8. The largest absolute Gasteiger partial charge is 0.341 e. The Labute approximate surface area is 111 Å². The van der Waals surface area contributed by atoms with Gasteiger partial charge in [0, 0.05) is 38.8 Å². The number of rotatable bonds is 2. The van der Waals surface area contributed by atoms with Gasteiger partial charge in [0.05, 0.1) is 6.04 Å². The molecule has 0 aromatic carbocycles. The second-order valence-corrected chi connectivity index (χ2v) is 5.71. The third kappa shape index (κ3) is 3.23. The van der Waals surface area contributed by atoms with E-state index in [1.165, 1.54) is 25.7 Å². The number of nitrogens with zero attached hydrogens (tertiary/aromatic N) is 2. The lowest BCUT2D eigenvalue weighted by Gasteiger charge is -2.39. The molecule has 0 aromatic rings. The molecule has 2 fully saturated rings. The lowest BCUT2D eigenvalue weighted by atomic mass is 10.1. The number of hydrogen-bond donors (Lipinski definition) is 1. The number of carbonyl (C=O) groups is 1. The molecule has 2 aliphatic heterocycles. The fraction of sp³-hybridized carbons (Fsp3) is 0.929. The Hall–Kier alpha value is -0.610. The van der Waals surface area contributed by atoms with Crippen molar-refractivity contribution in [2.75, 3.05) is 32.7 Å². The van der Waals surface area contributed by atoms with E-state index in [4.69, 9.17) is 0 Å². The molecule has 4 heteroatoms. The van der Waals surface area contributed by atoms with Gasteiger partial charge in [-0.25, -0.2) is 0 Å². The SMILES string of the molecule is CC1CNCCN1C(C)C(=O)N1CCCCCC1.